The summed E-state index contributed by atoms with van der Waals surface area (Å²) < 4.78 is 11.9. The second kappa shape index (κ2) is 15.5. The zero-order valence-electron chi connectivity index (χ0n) is 23.8. The van der Waals surface area contributed by atoms with Gasteiger partial charge in [0.2, 0.25) is 5.91 Å². The normalized spacial score (nSPS) is 19.0. The maximum absolute atomic E-state index is 12.7. The Morgan fingerprint density at radius 2 is 1.61 bits per heavy atom. The third kappa shape index (κ3) is 9.80. The molecule has 0 radical (unpaired) electrons. The number of ether oxygens (including phenoxy) is 2. The Morgan fingerprint density at radius 3 is 2.32 bits per heavy atom. The average molecular weight is 566 g/mol. The van der Waals surface area contributed by atoms with Crippen LogP contribution in [0.2, 0.25) is 0 Å². The van der Waals surface area contributed by atoms with Crippen molar-refractivity contribution >= 4 is 17.8 Å². The largest absolute Gasteiger partial charge is 0.494 e. The number of carboxylic acid groups (broad SMARTS) is 2. The number of aromatic carboxylic acids is 1. The number of amides is 1. The Morgan fingerprint density at radius 1 is 0.854 bits per heavy atom. The number of benzene rings is 2. The summed E-state index contributed by atoms with van der Waals surface area (Å²) in [6, 6.07) is 12.5. The van der Waals surface area contributed by atoms with Crippen LogP contribution in [-0.4, -0.2) is 47.3 Å². The van der Waals surface area contributed by atoms with E-state index in [1.165, 1.54) is 56.2 Å². The molecule has 2 atom stereocenters. The van der Waals surface area contributed by atoms with E-state index in [1.807, 2.05) is 12.1 Å². The lowest BCUT2D eigenvalue weighted by Gasteiger charge is -2.21. The molecule has 0 spiro atoms. The molecule has 0 aromatic heterocycles. The smallest absolute Gasteiger partial charge is 0.335 e. The van der Waals surface area contributed by atoms with Gasteiger partial charge in [-0.15, -0.1) is 0 Å². The van der Waals surface area contributed by atoms with Crippen LogP contribution in [0.25, 0.3) is 0 Å². The lowest BCUT2D eigenvalue weighted by atomic mass is 9.86. The topological polar surface area (TPSA) is 122 Å². The highest BCUT2D eigenvalue weighted by atomic mass is 16.5. The van der Waals surface area contributed by atoms with Gasteiger partial charge in [0.15, 0.2) is 0 Å². The van der Waals surface area contributed by atoms with Gasteiger partial charge in [-0.05, 0) is 86.8 Å². The van der Waals surface area contributed by atoms with Crippen LogP contribution in [0.15, 0.2) is 42.5 Å². The number of nitrogens with one attached hydrogen (secondary N) is 1. The number of carbonyl (C=O) groups excluding carboxylic acids is 1. The van der Waals surface area contributed by atoms with Crippen LogP contribution < -0.4 is 14.8 Å². The molecule has 8 heteroatoms. The monoisotopic (exact) mass is 565 g/mol. The molecule has 3 N–H and O–H groups in total. The molecule has 8 nitrogen and oxygen atoms in total. The van der Waals surface area contributed by atoms with Crippen LogP contribution in [0.3, 0.4) is 0 Å². The van der Waals surface area contributed by atoms with Crippen molar-refractivity contribution in [2.75, 3.05) is 13.2 Å². The van der Waals surface area contributed by atoms with Gasteiger partial charge in [0.25, 0.3) is 0 Å². The molecule has 2 saturated carbocycles. The number of aryl methyl sites for hydroxylation is 1. The molecule has 0 heterocycles. The van der Waals surface area contributed by atoms with Crippen LogP contribution >= 0.6 is 0 Å². The lowest BCUT2D eigenvalue weighted by Crippen LogP contribution is -2.34. The number of hydrogen-bond acceptors (Lipinski definition) is 5. The molecule has 1 amide bonds. The molecule has 2 aromatic rings. The Bertz CT molecular complexity index is 1160. The highest BCUT2D eigenvalue weighted by molar-refractivity contribution is 5.89. The van der Waals surface area contributed by atoms with Gasteiger partial charge in [-0.1, -0.05) is 44.2 Å². The van der Waals surface area contributed by atoms with Crippen molar-refractivity contribution in [1.29, 1.82) is 0 Å². The first kappa shape index (κ1) is 30.4. The van der Waals surface area contributed by atoms with Crippen molar-refractivity contribution in [3.8, 4) is 11.5 Å². The summed E-state index contributed by atoms with van der Waals surface area (Å²) >= 11 is 0. The van der Waals surface area contributed by atoms with Crippen molar-refractivity contribution in [3.05, 3.63) is 59.2 Å². The SMILES string of the molecule is O=C(Cc1cc(C(=O)O)ccc1OCCCc1ccc(OCCCC2CCCCC2)cc1)N[C@H]1CC[C@@H](C(=O)O)C1. The second-order valence-corrected chi connectivity index (χ2v) is 11.5. The molecule has 2 aliphatic carbocycles. The standard InChI is InChI=1S/C33H43NO7/c35-31(34-28-14-12-26(21-28)33(38)39)22-27-20-25(32(36)37)13-17-30(27)41-19-5-9-24-10-15-29(16-11-24)40-18-4-8-23-6-2-1-3-7-23/h10-11,13,15-17,20,23,26,28H,1-9,12,14,18-19,21-22H2,(H,34,35)(H,36,37)(H,38,39)/t26-,28+/m1/s1. The maximum Gasteiger partial charge on any atom is 0.335 e. The van der Waals surface area contributed by atoms with Gasteiger partial charge in [-0.25, -0.2) is 4.79 Å². The number of aliphatic carboxylic acids is 1. The van der Waals surface area contributed by atoms with Crippen molar-refractivity contribution in [1.82, 2.24) is 5.32 Å². The zero-order chi connectivity index (χ0) is 29.0. The van der Waals surface area contributed by atoms with E-state index >= 15 is 0 Å². The number of rotatable bonds is 15. The molecule has 41 heavy (non-hydrogen) atoms. The molecule has 2 fully saturated rings. The van der Waals surface area contributed by atoms with Crippen LogP contribution in [0.4, 0.5) is 0 Å². The Balaban J connectivity index is 1.20. The molecular weight excluding hydrogens is 522 g/mol. The van der Waals surface area contributed by atoms with Crippen LogP contribution in [0, 0.1) is 11.8 Å². The van der Waals surface area contributed by atoms with E-state index in [1.54, 1.807) is 6.07 Å². The first-order valence-corrected chi connectivity index (χ1v) is 15.1. The highest BCUT2D eigenvalue weighted by Crippen LogP contribution is 2.28. The van der Waals surface area contributed by atoms with Gasteiger partial charge < -0.3 is 25.0 Å². The van der Waals surface area contributed by atoms with Crippen molar-refractivity contribution < 1.29 is 34.1 Å². The molecule has 222 valence electrons. The zero-order valence-corrected chi connectivity index (χ0v) is 23.8. The summed E-state index contributed by atoms with van der Waals surface area (Å²) in [4.78, 5) is 35.4. The van der Waals surface area contributed by atoms with E-state index < -0.39 is 17.9 Å². The summed E-state index contributed by atoms with van der Waals surface area (Å²) in [6.45, 7) is 1.18. The second-order valence-electron chi connectivity index (χ2n) is 11.5. The number of carbonyl (C=O) groups is 3. The van der Waals surface area contributed by atoms with E-state index in [-0.39, 0.29) is 23.9 Å². The average Bonchev–Trinajstić information content (AvgIpc) is 3.44. The Labute approximate surface area is 242 Å². The molecule has 4 rings (SSSR count). The highest BCUT2D eigenvalue weighted by Gasteiger charge is 2.30. The van der Waals surface area contributed by atoms with Crippen molar-refractivity contribution in [3.63, 3.8) is 0 Å². The molecule has 2 aromatic carbocycles. The van der Waals surface area contributed by atoms with Crippen molar-refractivity contribution in [2.24, 2.45) is 11.8 Å². The Hall–Kier alpha value is -3.55. The minimum atomic E-state index is -1.07. The third-order valence-corrected chi connectivity index (χ3v) is 8.35. The maximum atomic E-state index is 12.7. The third-order valence-electron chi connectivity index (χ3n) is 8.35. The molecule has 0 saturated heterocycles. The van der Waals surface area contributed by atoms with E-state index in [0.717, 1.165) is 37.5 Å². The fraction of sp³-hybridized carbons (Fsp3) is 0.545. The summed E-state index contributed by atoms with van der Waals surface area (Å²) in [6.07, 6.45) is 12.4. The van der Waals surface area contributed by atoms with Gasteiger partial charge in [0, 0.05) is 11.6 Å². The summed E-state index contributed by atoms with van der Waals surface area (Å²) in [5.41, 5.74) is 1.77. The van der Waals surface area contributed by atoms with Gasteiger partial charge >= 0.3 is 11.9 Å². The minimum absolute atomic E-state index is 0.0349. The molecular formula is C33H43NO7. The van der Waals surface area contributed by atoms with E-state index in [4.69, 9.17) is 9.47 Å². The molecule has 2 aliphatic rings. The predicted molar refractivity (Wildman–Crippen MR) is 156 cm³/mol. The lowest BCUT2D eigenvalue weighted by molar-refractivity contribution is -0.141. The van der Waals surface area contributed by atoms with E-state index in [0.29, 0.717) is 37.2 Å². The summed E-state index contributed by atoms with van der Waals surface area (Å²) in [5.74, 6) is -0.362. The molecule has 0 bridgehead atoms. The minimum Gasteiger partial charge on any atom is -0.494 e. The quantitative estimate of drug-likeness (QED) is 0.225. The van der Waals surface area contributed by atoms with Gasteiger partial charge in [0.1, 0.15) is 11.5 Å². The molecule has 0 unspecified atom stereocenters. The summed E-state index contributed by atoms with van der Waals surface area (Å²) in [7, 11) is 0. The van der Waals surface area contributed by atoms with Crippen LogP contribution in [0.1, 0.15) is 92.1 Å². The Kier molecular flexibility index (Phi) is 11.5. The fourth-order valence-corrected chi connectivity index (χ4v) is 6.03. The number of carboxylic acids is 2. The van der Waals surface area contributed by atoms with Crippen molar-refractivity contribution in [2.45, 2.75) is 89.5 Å². The predicted octanol–water partition coefficient (Wildman–Crippen LogP) is 6.05. The van der Waals surface area contributed by atoms with Gasteiger partial charge in [-0.2, -0.15) is 0 Å². The van der Waals surface area contributed by atoms with Crippen LogP contribution in [0.5, 0.6) is 11.5 Å². The van der Waals surface area contributed by atoms with Gasteiger partial charge in [0.05, 0.1) is 31.1 Å². The van der Waals surface area contributed by atoms with Crippen LogP contribution in [-0.2, 0) is 22.4 Å². The first-order chi connectivity index (χ1) is 19.9. The number of hydrogen-bond donors (Lipinski definition) is 3. The fourth-order valence-electron chi connectivity index (χ4n) is 6.03. The first-order valence-electron chi connectivity index (χ1n) is 15.1. The molecule has 0 aliphatic heterocycles. The van der Waals surface area contributed by atoms with E-state index in [2.05, 4.69) is 17.4 Å². The van der Waals surface area contributed by atoms with E-state index in [9.17, 15) is 24.6 Å². The summed E-state index contributed by atoms with van der Waals surface area (Å²) in [5, 5.41) is 21.5. The van der Waals surface area contributed by atoms with Gasteiger partial charge in [-0.3, -0.25) is 9.59 Å².